The van der Waals surface area contributed by atoms with Gasteiger partial charge in [0, 0.05) is 11.0 Å². The molecule has 0 aliphatic rings. The van der Waals surface area contributed by atoms with Gasteiger partial charge in [0.15, 0.2) is 5.76 Å². The molecule has 0 fully saturated rings. The Kier molecular flexibility index (Phi) is 6.66. The Balaban J connectivity index is 2.52. The minimum Gasteiger partial charge on any atom is -0.502 e. The second-order valence-electron chi connectivity index (χ2n) is 5.28. The smallest absolute Gasteiger partial charge is 0.306 e. The van der Waals surface area contributed by atoms with Gasteiger partial charge in [-0.25, -0.2) is 0 Å². The number of hydrogen-bond donors (Lipinski definition) is 2. The summed E-state index contributed by atoms with van der Waals surface area (Å²) in [7, 11) is 0. The molecule has 0 aliphatic carbocycles. The molecule has 1 aromatic carbocycles. The average Bonchev–Trinajstić information content (AvgIpc) is 2.62. The first kappa shape index (κ1) is 19.1. The minimum absolute atomic E-state index is 0.0207. The SMILES string of the molecule is CCOC(=O)CC(c1ccc(SC)cc1)c1oc(CO)cc(=O)c1O. The first-order chi connectivity index (χ1) is 12.0. The number of esters is 1. The van der Waals surface area contributed by atoms with Gasteiger partial charge in [-0.2, -0.15) is 0 Å². The number of benzene rings is 1. The van der Waals surface area contributed by atoms with Crippen LogP contribution in [0.2, 0.25) is 0 Å². The second kappa shape index (κ2) is 8.73. The topological polar surface area (TPSA) is 97.0 Å². The van der Waals surface area contributed by atoms with E-state index in [1.54, 1.807) is 30.8 Å². The maximum atomic E-state index is 12.0. The Morgan fingerprint density at radius 1 is 1.32 bits per heavy atom. The van der Waals surface area contributed by atoms with Crippen LogP contribution in [0, 0.1) is 0 Å². The lowest BCUT2D eigenvalue weighted by Gasteiger charge is -2.17. The number of rotatable bonds is 7. The molecule has 6 nitrogen and oxygen atoms in total. The molecule has 0 aliphatic heterocycles. The molecule has 0 radical (unpaired) electrons. The normalized spacial score (nSPS) is 12.0. The summed E-state index contributed by atoms with van der Waals surface area (Å²) < 4.78 is 10.5. The van der Waals surface area contributed by atoms with Crippen molar-refractivity contribution < 1.29 is 24.2 Å². The van der Waals surface area contributed by atoms with E-state index in [4.69, 9.17) is 9.15 Å². The fraction of sp³-hybridized carbons (Fsp3) is 0.333. The van der Waals surface area contributed by atoms with E-state index in [2.05, 4.69) is 0 Å². The number of thioether (sulfide) groups is 1. The van der Waals surface area contributed by atoms with E-state index in [1.807, 2.05) is 18.4 Å². The van der Waals surface area contributed by atoms with Crippen LogP contribution in [-0.2, 0) is 16.1 Å². The first-order valence-electron chi connectivity index (χ1n) is 7.76. The number of carbonyl (C=O) groups is 1. The van der Waals surface area contributed by atoms with Crippen molar-refractivity contribution in [2.24, 2.45) is 0 Å². The summed E-state index contributed by atoms with van der Waals surface area (Å²) in [4.78, 5) is 25.0. The summed E-state index contributed by atoms with van der Waals surface area (Å²) in [6.45, 7) is 1.44. The zero-order valence-electron chi connectivity index (χ0n) is 14.0. The van der Waals surface area contributed by atoms with Crippen LogP contribution in [0.4, 0.5) is 0 Å². The third kappa shape index (κ3) is 4.64. The molecule has 0 saturated carbocycles. The van der Waals surface area contributed by atoms with E-state index in [0.717, 1.165) is 11.0 Å². The van der Waals surface area contributed by atoms with E-state index < -0.39 is 29.7 Å². The van der Waals surface area contributed by atoms with Gasteiger partial charge in [-0.3, -0.25) is 9.59 Å². The van der Waals surface area contributed by atoms with E-state index in [9.17, 15) is 19.8 Å². The largest absolute Gasteiger partial charge is 0.502 e. The van der Waals surface area contributed by atoms with Crippen molar-refractivity contribution in [3.63, 3.8) is 0 Å². The maximum absolute atomic E-state index is 12.0. The highest BCUT2D eigenvalue weighted by Crippen LogP contribution is 2.34. The molecular formula is C18H20O6S. The lowest BCUT2D eigenvalue weighted by molar-refractivity contribution is -0.143. The van der Waals surface area contributed by atoms with Crippen molar-refractivity contribution in [1.29, 1.82) is 0 Å². The summed E-state index contributed by atoms with van der Waals surface area (Å²) in [6, 6.07) is 8.39. The monoisotopic (exact) mass is 364 g/mol. The average molecular weight is 364 g/mol. The van der Waals surface area contributed by atoms with Gasteiger partial charge < -0.3 is 19.4 Å². The maximum Gasteiger partial charge on any atom is 0.306 e. The van der Waals surface area contributed by atoms with Gasteiger partial charge in [0.25, 0.3) is 0 Å². The molecule has 1 aromatic heterocycles. The standard InChI is InChI=1S/C18H20O6S/c1-3-23-16(21)9-14(11-4-6-13(25-2)7-5-11)18-17(22)15(20)8-12(10-19)24-18/h4-8,14,19,22H,3,9-10H2,1-2H3. The van der Waals surface area contributed by atoms with Crippen molar-refractivity contribution in [2.45, 2.75) is 30.8 Å². The van der Waals surface area contributed by atoms with E-state index >= 15 is 0 Å². The van der Waals surface area contributed by atoms with Crippen LogP contribution >= 0.6 is 11.8 Å². The van der Waals surface area contributed by atoms with Crippen LogP contribution in [-0.4, -0.2) is 29.0 Å². The molecule has 0 amide bonds. The van der Waals surface area contributed by atoms with Crippen molar-refractivity contribution in [3.8, 4) is 5.75 Å². The Labute approximate surface area is 149 Å². The van der Waals surface area contributed by atoms with Gasteiger partial charge >= 0.3 is 5.97 Å². The lowest BCUT2D eigenvalue weighted by Crippen LogP contribution is -2.15. The first-order valence-corrected chi connectivity index (χ1v) is 8.98. The molecule has 2 N–H and O–H groups in total. The van der Waals surface area contributed by atoms with Gasteiger partial charge in [-0.05, 0) is 30.9 Å². The highest BCUT2D eigenvalue weighted by Gasteiger charge is 2.26. The predicted octanol–water partition coefficient (Wildman–Crippen LogP) is 2.64. The van der Waals surface area contributed by atoms with Gasteiger partial charge in [-0.1, -0.05) is 12.1 Å². The van der Waals surface area contributed by atoms with Crippen LogP contribution in [0.5, 0.6) is 5.75 Å². The number of ether oxygens (including phenoxy) is 1. The van der Waals surface area contributed by atoms with E-state index in [1.165, 1.54) is 0 Å². The quantitative estimate of drug-likeness (QED) is 0.576. The summed E-state index contributed by atoms with van der Waals surface area (Å²) in [5.41, 5.74) is 0.0271. The highest BCUT2D eigenvalue weighted by atomic mass is 32.2. The number of aliphatic hydroxyl groups excluding tert-OH is 1. The molecule has 2 rings (SSSR count). The van der Waals surface area contributed by atoms with E-state index in [-0.39, 0.29) is 24.5 Å². The summed E-state index contributed by atoms with van der Waals surface area (Å²) in [5.74, 6) is -1.78. The van der Waals surface area contributed by atoms with Gasteiger partial charge in [0.1, 0.15) is 12.4 Å². The second-order valence-corrected chi connectivity index (χ2v) is 6.16. The molecule has 1 atom stereocenters. The number of hydrogen-bond acceptors (Lipinski definition) is 7. The van der Waals surface area contributed by atoms with Crippen LogP contribution in [0.1, 0.15) is 36.3 Å². The molecule has 0 saturated heterocycles. The Bertz CT molecular complexity index is 781. The number of aliphatic hydroxyl groups is 1. The molecule has 0 bridgehead atoms. The minimum atomic E-state index is -0.700. The highest BCUT2D eigenvalue weighted by molar-refractivity contribution is 7.98. The lowest BCUT2D eigenvalue weighted by atomic mass is 9.92. The van der Waals surface area contributed by atoms with Crippen molar-refractivity contribution >= 4 is 17.7 Å². The molecule has 0 spiro atoms. The van der Waals surface area contributed by atoms with Crippen molar-refractivity contribution in [1.82, 2.24) is 0 Å². The molecule has 2 aromatic rings. The Morgan fingerprint density at radius 2 is 2.00 bits per heavy atom. The molecule has 25 heavy (non-hydrogen) atoms. The summed E-state index contributed by atoms with van der Waals surface area (Å²) in [6.07, 6.45) is 1.85. The molecule has 1 unspecified atom stereocenters. The third-order valence-electron chi connectivity index (χ3n) is 3.67. The van der Waals surface area contributed by atoms with Gasteiger partial charge in [0.05, 0.1) is 18.9 Å². The Hall–Kier alpha value is -2.25. The van der Waals surface area contributed by atoms with Crippen molar-refractivity contribution in [2.75, 3.05) is 12.9 Å². The van der Waals surface area contributed by atoms with Gasteiger partial charge in [-0.15, -0.1) is 11.8 Å². The third-order valence-corrected chi connectivity index (χ3v) is 4.41. The summed E-state index contributed by atoms with van der Waals surface area (Å²) in [5, 5.41) is 19.4. The van der Waals surface area contributed by atoms with Crippen LogP contribution in [0.15, 0.2) is 44.4 Å². The molecule has 7 heteroatoms. The molecular weight excluding hydrogens is 344 g/mol. The van der Waals surface area contributed by atoms with Crippen LogP contribution in [0.3, 0.4) is 0 Å². The predicted molar refractivity (Wildman–Crippen MR) is 93.9 cm³/mol. The van der Waals surface area contributed by atoms with Crippen molar-refractivity contribution in [3.05, 3.63) is 57.6 Å². The zero-order chi connectivity index (χ0) is 18.4. The fourth-order valence-corrected chi connectivity index (χ4v) is 2.86. The summed E-state index contributed by atoms with van der Waals surface area (Å²) >= 11 is 1.57. The number of aromatic hydroxyl groups is 1. The fourth-order valence-electron chi connectivity index (χ4n) is 2.45. The molecule has 134 valence electrons. The molecule has 1 heterocycles. The number of carbonyl (C=O) groups excluding carboxylic acids is 1. The Morgan fingerprint density at radius 3 is 2.56 bits per heavy atom. The zero-order valence-corrected chi connectivity index (χ0v) is 14.8. The van der Waals surface area contributed by atoms with Crippen LogP contribution in [0.25, 0.3) is 0 Å². The van der Waals surface area contributed by atoms with Crippen LogP contribution < -0.4 is 5.43 Å². The van der Waals surface area contributed by atoms with Gasteiger partial charge in [0.2, 0.25) is 11.2 Å². The van der Waals surface area contributed by atoms with E-state index in [0.29, 0.717) is 5.56 Å².